The first-order chi connectivity index (χ1) is 13.7. The largest absolute Gasteiger partial charge is 0.444 e. The minimum absolute atomic E-state index is 0.0595. The van der Waals surface area contributed by atoms with Crippen LogP contribution in [0.3, 0.4) is 0 Å². The van der Waals surface area contributed by atoms with E-state index < -0.39 is 6.09 Å². The number of halogens is 1. The van der Waals surface area contributed by atoms with Crippen molar-refractivity contribution in [3.8, 4) is 10.4 Å². The number of carbonyl (C=O) groups excluding carboxylic acids is 1. The summed E-state index contributed by atoms with van der Waals surface area (Å²) in [5.74, 6) is 0.120. The topological polar surface area (TPSA) is 41.6 Å². The molecule has 6 rings (SSSR count). The molecule has 0 unspecified atom stereocenters. The van der Waals surface area contributed by atoms with Gasteiger partial charge in [-0.15, -0.1) is 11.3 Å². The Kier molecular flexibility index (Phi) is 4.53. The van der Waals surface area contributed by atoms with Gasteiger partial charge in [0.15, 0.2) is 0 Å². The average molecular weight is 396 g/mol. The van der Waals surface area contributed by atoms with Crippen LogP contribution in [0, 0.1) is 11.7 Å². The van der Waals surface area contributed by atoms with Crippen molar-refractivity contribution in [1.29, 1.82) is 0 Å². The highest BCUT2D eigenvalue weighted by Crippen LogP contribution is 2.38. The fraction of sp³-hybridized carbons (Fsp3) is 0.318. The van der Waals surface area contributed by atoms with Gasteiger partial charge in [-0.25, -0.2) is 9.18 Å². The zero-order valence-electron chi connectivity index (χ0n) is 15.4. The van der Waals surface area contributed by atoms with Gasteiger partial charge in [0.1, 0.15) is 11.9 Å². The minimum Gasteiger partial charge on any atom is -0.444 e. The standard InChI is InChI=1S/C22H21FN2O2S/c23-16-5-6-18(17(12-16)21-11-15-3-1-2-4-20(15)28-21)24-22(26)27-19-13-25-9-7-14(19)8-10-25/h1-6,11-12,14,19H,7-10,13H2,(H,24,26)/t19-/m0/s1. The Morgan fingerprint density at radius 3 is 2.71 bits per heavy atom. The molecule has 3 saturated heterocycles. The Balaban J connectivity index is 1.38. The SMILES string of the molecule is O=C(Nc1ccc(F)cc1-c1cc2ccccc2s1)O[C@H]1CN2CCC1CC2. The lowest BCUT2D eigenvalue weighted by atomic mass is 9.86. The fourth-order valence-corrected chi connectivity index (χ4v) is 5.36. The molecule has 0 saturated carbocycles. The maximum atomic E-state index is 14.0. The highest BCUT2D eigenvalue weighted by atomic mass is 32.1. The third-order valence-corrected chi connectivity index (χ3v) is 6.91. The van der Waals surface area contributed by atoms with E-state index in [4.69, 9.17) is 4.74 Å². The highest BCUT2D eigenvalue weighted by Gasteiger charge is 2.36. The zero-order valence-corrected chi connectivity index (χ0v) is 16.2. The molecule has 2 aromatic carbocycles. The third kappa shape index (κ3) is 3.38. The molecule has 6 heteroatoms. The van der Waals surface area contributed by atoms with Gasteiger partial charge < -0.3 is 4.74 Å². The van der Waals surface area contributed by atoms with E-state index in [1.807, 2.05) is 30.3 Å². The number of hydrogen-bond acceptors (Lipinski definition) is 4. The van der Waals surface area contributed by atoms with Gasteiger partial charge >= 0.3 is 6.09 Å². The van der Waals surface area contributed by atoms with Gasteiger partial charge in [0.05, 0.1) is 5.69 Å². The molecule has 4 heterocycles. The summed E-state index contributed by atoms with van der Waals surface area (Å²) in [7, 11) is 0. The van der Waals surface area contributed by atoms with E-state index in [1.54, 1.807) is 17.4 Å². The van der Waals surface area contributed by atoms with Gasteiger partial charge in [0.2, 0.25) is 0 Å². The Morgan fingerprint density at radius 2 is 1.96 bits per heavy atom. The van der Waals surface area contributed by atoms with E-state index in [9.17, 15) is 9.18 Å². The van der Waals surface area contributed by atoms with Gasteiger partial charge in [-0.3, -0.25) is 10.2 Å². The van der Waals surface area contributed by atoms with Crippen LogP contribution < -0.4 is 5.32 Å². The number of anilines is 1. The lowest BCUT2D eigenvalue weighted by molar-refractivity contribution is -0.0289. The Bertz CT molecular complexity index is 993. The number of piperidine rings is 3. The molecule has 0 aliphatic carbocycles. The number of amides is 1. The van der Waals surface area contributed by atoms with Crippen molar-refractivity contribution in [2.75, 3.05) is 25.0 Å². The molecule has 0 spiro atoms. The molecule has 3 aromatic rings. The van der Waals surface area contributed by atoms with E-state index >= 15 is 0 Å². The second-order valence-corrected chi connectivity index (χ2v) is 8.63. The predicted octanol–water partition coefficient (Wildman–Crippen LogP) is 5.35. The van der Waals surface area contributed by atoms with E-state index in [1.165, 1.54) is 12.1 Å². The van der Waals surface area contributed by atoms with E-state index in [0.29, 0.717) is 17.2 Å². The number of ether oxygens (including phenoxy) is 1. The van der Waals surface area contributed by atoms with Crippen LogP contribution in [0.4, 0.5) is 14.9 Å². The lowest BCUT2D eigenvalue weighted by Gasteiger charge is -2.43. The maximum absolute atomic E-state index is 14.0. The first kappa shape index (κ1) is 17.6. The Hall–Kier alpha value is -2.44. The molecule has 3 fully saturated rings. The maximum Gasteiger partial charge on any atom is 0.411 e. The third-order valence-electron chi connectivity index (χ3n) is 5.76. The summed E-state index contributed by atoms with van der Waals surface area (Å²) in [6.07, 6.45) is 1.65. The summed E-state index contributed by atoms with van der Waals surface area (Å²) in [6, 6.07) is 14.5. The molecule has 3 aliphatic heterocycles. The monoisotopic (exact) mass is 396 g/mol. The van der Waals surface area contributed by atoms with Crippen molar-refractivity contribution >= 4 is 33.2 Å². The number of thiophene rings is 1. The number of benzene rings is 2. The molecular formula is C22H21FN2O2S. The molecule has 1 amide bonds. The first-order valence-corrected chi connectivity index (χ1v) is 10.5. The van der Waals surface area contributed by atoms with E-state index in [-0.39, 0.29) is 11.9 Å². The smallest absolute Gasteiger partial charge is 0.411 e. The van der Waals surface area contributed by atoms with Gasteiger partial charge in [0, 0.05) is 21.7 Å². The van der Waals surface area contributed by atoms with Crippen LogP contribution in [0.25, 0.3) is 20.5 Å². The molecule has 0 radical (unpaired) electrons. The van der Waals surface area contributed by atoms with Crippen LogP contribution in [-0.4, -0.2) is 36.7 Å². The van der Waals surface area contributed by atoms with Gasteiger partial charge in [0.25, 0.3) is 0 Å². The normalized spacial score (nSPS) is 23.7. The number of nitrogens with one attached hydrogen (secondary N) is 1. The minimum atomic E-state index is -0.465. The van der Waals surface area contributed by atoms with E-state index in [0.717, 1.165) is 47.4 Å². The molecule has 1 N–H and O–H groups in total. The van der Waals surface area contributed by atoms with Crippen LogP contribution in [0.2, 0.25) is 0 Å². The number of fused-ring (bicyclic) bond motifs is 4. The average Bonchev–Trinajstić information content (AvgIpc) is 3.14. The molecule has 1 atom stereocenters. The quantitative estimate of drug-likeness (QED) is 0.649. The second-order valence-electron chi connectivity index (χ2n) is 7.55. The van der Waals surface area contributed by atoms with Crippen LogP contribution in [0.1, 0.15) is 12.8 Å². The lowest BCUT2D eigenvalue weighted by Crippen LogP contribution is -2.52. The molecule has 3 aliphatic rings. The zero-order chi connectivity index (χ0) is 19.1. The van der Waals surface area contributed by atoms with Crippen molar-refractivity contribution < 1.29 is 13.9 Å². The number of hydrogen-bond donors (Lipinski definition) is 1. The van der Waals surface area contributed by atoms with Gasteiger partial charge in [-0.2, -0.15) is 0 Å². The highest BCUT2D eigenvalue weighted by molar-refractivity contribution is 7.22. The van der Waals surface area contributed by atoms with Crippen LogP contribution in [0.15, 0.2) is 48.5 Å². The summed E-state index contributed by atoms with van der Waals surface area (Å²) in [6.45, 7) is 3.01. The van der Waals surface area contributed by atoms with Crippen LogP contribution in [0.5, 0.6) is 0 Å². The van der Waals surface area contributed by atoms with Gasteiger partial charge in [-0.1, -0.05) is 18.2 Å². The molecule has 4 nitrogen and oxygen atoms in total. The fourth-order valence-electron chi connectivity index (χ4n) is 4.27. The van der Waals surface area contributed by atoms with Crippen molar-refractivity contribution in [2.24, 2.45) is 5.92 Å². The molecule has 2 bridgehead atoms. The van der Waals surface area contributed by atoms with Crippen molar-refractivity contribution in [3.63, 3.8) is 0 Å². The molecule has 144 valence electrons. The second kappa shape index (κ2) is 7.18. The summed E-state index contributed by atoms with van der Waals surface area (Å²) < 4.78 is 20.8. The van der Waals surface area contributed by atoms with Crippen molar-refractivity contribution in [3.05, 3.63) is 54.3 Å². The van der Waals surface area contributed by atoms with Crippen molar-refractivity contribution in [1.82, 2.24) is 4.90 Å². The summed E-state index contributed by atoms with van der Waals surface area (Å²) in [5.41, 5.74) is 1.24. The molecule has 1 aromatic heterocycles. The van der Waals surface area contributed by atoms with E-state index in [2.05, 4.69) is 10.2 Å². The number of carbonyl (C=O) groups is 1. The number of rotatable bonds is 3. The van der Waals surface area contributed by atoms with Crippen molar-refractivity contribution in [2.45, 2.75) is 18.9 Å². The van der Waals surface area contributed by atoms with Crippen LogP contribution >= 0.6 is 11.3 Å². The Labute approximate surface area is 166 Å². The Morgan fingerprint density at radius 1 is 1.14 bits per heavy atom. The predicted molar refractivity (Wildman–Crippen MR) is 110 cm³/mol. The first-order valence-electron chi connectivity index (χ1n) is 9.64. The summed E-state index contributed by atoms with van der Waals surface area (Å²) in [5, 5.41) is 3.95. The molecule has 28 heavy (non-hydrogen) atoms. The number of nitrogens with zero attached hydrogens (tertiary/aromatic N) is 1. The summed E-state index contributed by atoms with van der Waals surface area (Å²) in [4.78, 5) is 15.8. The molecular weight excluding hydrogens is 375 g/mol. The summed E-state index contributed by atoms with van der Waals surface area (Å²) >= 11 is 1.58. The van der Waals surface area contributed by atoms with Crippen LogP contribution in [-0.2, 0) is 4.74 Å². The van der Waals surface area contributed by atoms with Gasteiger partial charge in [-0.05, 0) is 67.6 Å².